The van der Waals surface area contributed by atoms with Gasteiger partial charge in [-0.2, -0.15) is 0 Å². The smallest absolute Gasteiger partial charge is 0.114 e. The Bertz CT molecular complexity index is 401. The largest absolute Gasteiger partial charge is 0.394 e. The third-order valence-corrected chi connectivity index (χ3v) is 5.95. The van der Waals surface area contributed by atoms with Crippen molar-refractivity contribution in [3.05, 3.63) is 12.2 Å². The van der Waals surface area contributed by atoms with Gasteiger partial charge in [0.05, 0.1) is 13.2 Å². The van der Waals surface area contributed by atoms with Gasteiger partial charge in [0.15, 0.2) is 0 Å². The minimum absolute atomic E-state index is 0.154. The van der Waals surface area contributed by atoms with E-state index in [9.17, 15) is 10.2 Å². The van der Waals surface area contributed by atoms with E-state index >= 15 is 0 Å². The average Bonchev–Trinajstić information content (AvgIpc) is 3.12. The summed E-state index contributed by atoms with van der Waals surface area (Å²) in [4.78, 5) is 0. The number of aliphatic hydroxyl groups excluding tert-OH is 3. The Hall–Kier alpha value is -0.460. The van der Waals surface area contributed by atoms with Crippen molar-refractivity contribution in [1.82, 2.24) is 0 Å². The number of ether oxygens (including phenoxy) is 2. The third kappa shape index (κ3) is 13.1. The van der Waals surface area contributed by atoms with Crippen molar-refractivity contribution in [2.24, 2.45) is 0 Å². The molecule has 0 radical (unpaired) electrons. The Kier molecular flexibility index (Phi) is 17.7. The minimum atomic E-state index is -1.00. The molecule has 1 aliphatic heterocycles. The number of aliphatic hydroxyl groups is 3. The molecule has 0 aromatic rings. The zero-order valence-electron chi connectivity index (χ0n) is 19.4. The van der Waals surface area contributed by atoms with Gasteiger partial charge in [-0.3, -0.25) is 0 Å². The highest BCUT2D eigenvalue weighted by Gasteiger charge is 2.40. The second kappa shape index (κ2) is 19.2. The van der Waals surface area contributed by atoms with Gasteiger partial charge in [0.2, 0.25) is 0 Å². The van der Waals surface area contributed by atoms with Crippen molar-refractivity contribution in [2.75, 3.05) is 19.8 Å². The summed E-state index contributed by atoms with van der Waals surface area (Å²) in [6, 6.07) is 0. The number of hydrogen-bond donors (Lipinski definition) is 3. The molecule has 0 unspecified atom stereocenters. The molecular formula is C25H48O5. The first kappa shape index (κ1) is 27.6. The first-order chi connectivity index (χ1) is 14.7. The zero-order chi connectivity index (χ0) is 21.9. The van der Waals surface area contributed by atoms with Gasteiger partial charge in [-0.05, 0) is 32.1 Å². The molecular weight excluding hydrogens is 380 g/mol. The number of rotatable bonds is 20. The Morgan fingerprint density at radius 2 is 1.40 bits per heavy atom. The SMILES string of the molecule is CCCCCC/C=C/CCCCCCCCCCCO[C@@H]1[C@H]([C@H](O)CO)OC[C@@H]1O. The molecule has 0 aromatic heterocycles. The maximum absolute atomic E-state index is 9.90. The van der Waals surface area contributed by atoms with E-state index in [0.29, 0.717) is 6.61 Å². The predicted octanol–water partition coefficient (Wildman–Crippen LogP) is 4.91. The summed E-state index contributed by atoms with van der Waals surface area (Å²) in [5.74, 6) is 0. The maximum Gasteiger partial charge on any atom is 0.114 e. The fourth-order valence-electron chi connectivity index (χ4n) is 4.00. The lowest BCUT2D eigenvalue weighted by molar-refractivity contribution is -0.0938. The first-order valence-electron chi connectivity index (χ1n) is 12.6. The van der Waals surface area contributed by atoms with Gasteiger partial charge in [-0.25, -0.2) is 0 Å². The molecule has 5 nitrogen and oxygen atoms in total. The van der Waals surface area contributed by atoms with E-state index in [-0.39, 0.29) is 13.2 Å². The highest BCUT2D eigenvalue weighted by atomic mass is 16.6. The summed E-state index contributed by atoms with van der Waals surface area (Å²) in [5, 5.41) is 28.7. The van der Waals surface area contributed by atoms with Crippen LogP contribution in [0, 0.1) is 0 Å². The van der Waals surface area contributed by atoms with Crippen molar-refractivity contribution >= 4 is 0 Å². The summed E-state index contributed by atoms with van der Waals surface area (Å²) < 4.78 is 11.1. The highest BCUT2D eigenvalue weighted by molar-refractivity contribution is 4.89. The quantitative estimate of drug-likeness (QED) is 0.190. The summed E-state index contributed by atoms with van der Waals surface area (Å²) in [7, 11) is 0. The van der Waals surface area contributed by atoms with Crippen molar-refractivity contribution in [1.29, 1.82) is 0 Å². The van der Waals surface area contributed by atoms with Crippen molar-refractivity contribution in [3.8, 4) is 0 Å². The van der Waals surface area contributed by atoms with E-state index in [4.69, 9.17) is 14.6 Å². The number of hydrogen-bond acceptors (Lipinski definition) is 5. The number of allylic oxidation sites excluding steroid dienone is 2. The molecule has 1 aliphatic rings. The molecule has 0 bridgehead atoms. The van der Waals surface area contributed by atoms with Gasteiger partial charge in [-0.1, -0.05) is 83.3 Å². The van der Waals surface area contributed by atoms with Crippen LogP contribution < -0.4 is 0 Å². The molecule has 30 heavy (non-hydrogen) atoms. The average molecular weight is 429 g/mol. The topological polar surface area (TPSA) is 79.2 Å². The van der Waals surface area contributed by atoms with Gasteiger partial charge < -0.3 is 24.8 Å². The number of unbranched alkanes of at least 4 members (excludes halogenated alkanes) is 13. The summed E-state index contributed by atoms with van der Waals surface area (Å²) in [6.07, 6.45) is 21.0. The van der Waals surface area contributed by atoms with E-state index in [0.717, 1.165) is 12.8 Å². The van der Waals surface area contributed by atoms with Crippen LogP contribution in [0.15, 0.2) is 12.2 Å². The molecule has 178 valence electrons. The molecule has 1 fully saturated rings. The van der Waals surface area contributed by atoms with E-state index in [2.05, 4.69) is 19.1 Å². The van der Waals surface area contributed by atoms with Crippen molar-refractivity contribution < 1.29 is 24.8 Å². The molecule has 3 N–H and O–H groups in total. The molecule has 1 rings (SSSR count). The van der Waals surface area contributed by atoms with E-state index in [1.54, 1.807) is 0 Å². The second-order valence-corrected chi connectivity index (χ2v) is 8.74. The van der Waals surface area contributed by atoms with Gasteiger partial charge in [0.1, 0.15) is 24.4 Å². The van der Waals surface area contributed by atoms with Gasteiger partial charge >= 0.3 is 0 Å². The molecule has 0 aromatic carbocycles. The lowest BCUT2D eigenvalue weighted by atomic mass is 10.1. The van der Waals surface area contributed by atoms with E-state index in [1.807, 2.05) is 0 Å². The van der Waals surface area contributed by atoms with E-state index in [1.165, 1.54) is 83.5 Å². The van der Waals surface area contributed by atoms with Crippen LogP contribution in [0.5, 0.6) is 0 Å². The lowest BCUT2D eigenvalue weighted by Crippen LogP contribution is -2.42. The van der Waals surface area contributed by atoms with Crippen molar-refractivity contribution in [2.45, 2.75) is 128 Å². The Morgan fingerprint density at radius 3 is 1.97 bits per heavy atom. The molecule has 0 aliphatic carbocycles. The summed E-state index contributed by atoms with van der Waals surface area (Å²) >= 11 is 0. The van der Waals surface area contributed by atoms with Crippen LogP contribution in [0.3, 0.4) is 0 Å². The molecule has 1 heterocycles. The predicted molar refractivity (Wildman–Crippen MR) is 123 cm³/mol. The fourth-order valence-corrected chi connectivity index (χ4v) is 4.00. The van der Waals surface area contributed by atoms with Crippen LogP contribution in [-0.2, 0) is 9.47 Å². The van der Waals surface area contributed by atoms with Crippen LogP contribution >= 0.6 is 0 Å². The molecule has 1 saturated heterocycles. The van der Waals surface area contributed by atoms with Crippen LogP contribution in [-0.4, -0.2) is 59.6 Å². The molecule has 0 spiro atoms. The summed E-state index contributed by atoms with van der Waals surface area (Å²) in [5.41, 5.74) is 0. The molecule has 4 atom stereocenters. The zero-order valence-corrected chi connectivity index (χ0v) is 19.4. The Balaban J connectivity index is 1.84. The van der Waals surface area contributed by atoms with Crippen molar-refractivity contribution in [3.63, 3.8) is 0 Å². The lowest BCUT2D eigenvalue weighted by Gasteiger charge is -2.23. The van der Waals surface area contributed by atoms with Crippen LogP contribution in [0.1, 0.15) is 103 Å². The van der Waals surface area contributed by atoms with Gasteiger partial charge in [0, 0.05) is 6.61 Å². The normalized spacial score (nSPS) is 22.9. The van der Waals surface area contributed by atoms with Gasteiger partial charge in [0.25, 0.3) is 0 Å². The standard InChI is InChI=1S/C25H48O5/c1-2-3-4-5-6-7-8-9-10-11-12-13-14-15-16-17-18-19-29-25-23(28)21-30-24(25)22(27)20-26/h7-8,22-28H,2-6,9-21H2,1H3/b8-7+/t22-,23+,24+,25+/m1/s1. The minimum Gasteiger partial charge on any atom is -0.394 e. The second-order valence-electron chi connectivity index (χ2n) is 8.74. The molecule has 5 heteroatoms. The van der Waals surface area contributed by atoms with E-state index < -0.39 is 24.4 Å². The first-order valence-corrected chi connectivity index (χ1v) is 12.6. The van der Waals surface area contributed by atoms with Crippen LogP contribution in [0.4, 0.5) is 0 Å². The maximum atomic E-state index is 9.90. The summed E-state index contributed by atoms with van der Waals surface area (Å²) in [6.45, 7) is 2.59. The Morgan fingerprint density at radius 1 is 0.867 bits per heavy atom. The molecule has 0 saturated carbocycles. The Labute approximate surface area is 184 Å². The third-order valence-electron chi connectivity index (χ3n) is 5.95. The monoisotopic (exact) mass is 428 g/mol. The van der Waals surface area contributed by atoms with Gasteiger partial charge in [-0.15, -0.1) is 0 Å². The van der Waals surface area contributed by atoms with Crippen LogP contribution in [0.2, 0.25) is 0 Å². The fraction of sp³-hybridized carbons (Fsp3) is 0.920. The van der Waals surface area contributed by atoms with Crippen LogP contribution in [0.25, 0.3) is 0 Å². The molecule has 0 amide bonds. The highest BCUT2D eigenvalue weighted by Crippen LogP contribution is 2.21.